The van der Waals surface area contributed by atoms with Crippen molar-refractivity contribution in [3.8, 4) is 0 Å². The SMILES string of the molecule is CCn1c(CN2CCCNCC2)nc2c(F)cccc21.Cl.Cl. The normalized spacial score (nSPS) is 15.9. The first kappa shape index (κ1) is 19.2. The van der Waals surface area contributed by atoms with E-state index in [2.05, 4.69) is 26.7 Å². The number of hydrogen-bond donors (Lipinski definition) is 1. The minimum Gasteiger partial charge on any atom is -0.327 e. The zero-order valence-electron chi connectivity index (χ0n) is 12.7. The molecule has 0 radical (unpaired) electrons. The van der Waals surface area contributed by atoms with Gasteiger partial charge in [0, 0.05) is 19.6 Å². The number of aryl methyl sites for hydroxylation is 1. The Morgan fingerprint density at radius 3 is 2.82 bits per heavy atom. The van der Waals surface area contributed by atoms with Crippen LogP contribution in [0, 0.1) is 5.82 Å². The molecule has 1 fully saturated rings. The molecule has 4 nitrogen and oxygen atoms in total. The molecular weight excluding hydrogens is 326 g/mol. The van der Waals surface area contributed by atoms with Crippen LogP contribution in [0.15, 0.2) is 18.2 Å². The summed E-state index contributed by atoms with van der Waals surface area (Å²) in [5, 5.41) is 3.40. The number of para-hydroxylation sites is 1. The van der Waals surface area contributed by atoms with Gasteiger partial charge in [-0.05, 0) is 38.6 Å². The minimum absolute atomic E-state index is 0. The Balaban J connectivity index is 0.00000121. The molecule has 1 aliphatic heterocycles. The first-order valence-corrected chi connectivity index (χ1v) is 7.36. The molecule has 0 spiro atoms. The fraction of sp³-hybridized carbons (Fsp3) is 0.533. The zero-order chi connectivity index (χ0) is 13.9. The van der Waals surface area contributed by atoms with Gasteiger partial charge in [0.15, 0.2) is 5.82 Å². The van der Waals surface area contributed by atoms with Crippen molar-refractivity contribution in [1.82, 2.24) is 19.8 Å². The lowest BCUT2D eigenvalue weighted by Gasteiger charge is -2.19. The van der Waals surface area contributed by atoms with Crippen LogP contribution in [0.5, 0.6) is 0 Å². The van der Waals surface area contributed by atoms with Crippen molar-refractivity contribution in [1.29, 1.82) is 0 Å². The smallest absolute Gasteiger partial charge is 0.151 e. The van der Waals surface area contributed by atoms with Gasteiger partial charge in [-0.1, -0.05) is 6.07 Å². The summed E-state index contributed by atoms with van der Waals surface area (Å²) in [4.78, 5) is 6.93. The summed E-state index contributed by atoms with van der Waals surface area (Å²) in [5.41, 5.74) is 1.40. The molecule has 2 aromatic rings. The van der Waals surface area contributed by atoms with Crippen LogP contribution in [0.1, 0.15) is 19.2 Å². The van der Waals surface area contributed by atoms with Gasteiger partial charge in [-0.15, -0.1) is 24.8 Å². The van der Waals surface area contributed by atoms with E-state index in [1.165, 1.54) is 6.07 Å². The maximum Gasteiger partial charge on any atom is 0.151 e. The Morgan fingerprint density at radius 1 is 1.23 bits per heavy atom. The number of nitrogens with one attached hydrogen (secondary N) is 1. The molecule has 22 heavy (non-hydrogen) atoms. The van der Waals surface area contributed by atoms with Crippen LogP contribution in [-0.2, 0) is 13.1 Å². The molecular formula is C15H23Cl2FN4. The Hall–Kier alpha value is -0.880. The van der Waals surface area contributed by atoms with E-state index in [4.69, 9.17) is 0 Å². The highest BCUT2D eigenvalue weighted by molar-refractivity contribution is 5.85. The number of fused-ring (bicyclic) bond motifs is 1. The first-order valence-electron chi connectivity index (χ1n) is 7.36. The molecule has 1 aliphatic rings. The van der Waals surface area contributed by atoms with Gasteiger partial charge in [-0.2, -0.15) is 0 Å². The lowest BCUT2D eigenvalue weighted by atomic mass is 10.3. The monoisotopic (exact) mass is 348 g/mol. The van der Waals surface area contributed by atoms with Crippen LogP contribution in [0.3, 0.4) is 0 Å². The maximum absolute atomic E-state index is 13.9. The van der Waals surface area contributed by atoms with E-state index in [1.807, 2.05) is 6.07 Å². The van der Waals surface area contributed by atoms with E-state index in [0.717, 1.165) is 57.0 Å². The second-order valence-electron chi connectivity index (χ2n) is 5.26. The van der Waals surface area contributed by atoms with Gasteiger partial charge in [0.25, 0.3) is 0 Å². The van der Waals surface area contributed by atoms with E-state index in [9.17, 15) is 4.39 Å². The molecule has 1 saturated heterocycles. The minimum atomic E-state index is -0.228. The molecule has 1 N–H and O–H groups in total. The van der Waals surface area contributed by atoms with E-state index in [-0.39, 0.29) is 30.6 Å². The van der Waals surface area contributed by atoms with Gasteiger partial charge in [0.2, 0.25) is 0 Å². The third-order valence-electron chi connectivity index (χ3n) is 3.92. The fourth-order valence-electron chi connectivity index (χ4n) is 2.89. The summed E-state index contributed by atoms with van der Waals surface area (Å²) >= 11 is 0. The molecule has 3 rings (SSSR count). The number of nitrogens with zero attached hydrogens (tertiary/aromatic N) is 3. The second kappa shape index (κ2) is 8.67. The molecule has 0 unspecified atom stereocenters. The third kappa shape index (κ3) is 3.90. The summed E-state index contributed by atoms with van der Waals surface area (Å²) in [5.74, 6) is 0.739. The predicted octanol–water partition coefficient (Wildman–Crippen LogP) is 2.83. The third-order valence-corrected chi connectivity index (χ3v) is 3.92. The van der Waals surface area contributed by atoms with Crippen LogP contribution >= 0.6 is 24.8 Å². The molecule has 0 saturated carbocycles. The van der Waals surface area contributed by atoms with Gasteiger partial charge < -0.3 is 9.88 Å². The average Bonchev–Trinajstić information content (AvgIpc) is 2.62. The van der Waals surface area contributed by atoms with Gasteiger partial charge in [-0.25, -0.2) is 9.37 Å². The number of rotatable bonds is 3. The van der Waals surface area contributed by atoms with Crippen LogP contribution < -0.4 is 5.32 Å². The first-order chi connectivity index (χ1) is 9.79. The highest BCUT2D eigenvalue weighted by Crippen LogP contribution is 2.20. The average molecular weight is 349 g/mol. The van der Waals surface area contributed by atoms with Crippen molar-refractivity contribution in [3.63, 3.8) is 0 Å². The Kier molecular flexibility index (Phi) is 7.56. The predicted molar refractivity (Wildman–Crippen MR) is 92.6 cm³/mol. The lowest BCUT2D eigenvalue weighted by molar-refractivity contribution is 0.274. The summed E-state index contributed by atoms with van der Waals surface area (Å²) in [6, 6.07) is 5.18. The largest absolute Gasteiger partial charge is 0.327 e. The number of benzene rings is 1. The zero-order valence-corrected chi connectivity index (χ0v) is 14.4. The lowest BCUT2D eigenvalue weighted by Crippen LogP contribution is -2.29. The van der Waals surface area contributed by atoms with E-state index < -0.39 is 0 Å². The van der Waals surface area contributed by atoms with Crippen molar-refractivity contribution in [2.24, 2.45) is 0 Å². The van der Waals surface area contributed by atoms with Crippen molar-refractivity contribution < 1.29 is 4.39 Å². The van der Waals surface area contributed by atoms with Crippen LogP contribution in [0.2, 0.25) is 0 Å². The molecule has 7 heteroatoms. The Morgan fingerprint density at radius 2 is 2.05 bits per heavy atom. The molecule has 2 heterocycles. The van der Waals surface area contributed by atoms with Gasteiger partial charge in [0.05, 0.1) is 12.1 Å². The molecule has 1 aromatic heterocycles. The Labute approximate surface area is 142 Å². The highest BCUT2D eigenvalue weighted by atomic mass is 35.5. The number of imidazole rings is 1. The van der Waals surface area contributed by atoms with Crippen LogP contribution in [0.4, 0.5) is 4.39 Å². The number of hydrogen-bond acceptors (Lipinski definition) is 3. The summed E-state index contributed by atoms with van der Waals surface area (Å²) < 4.78 is 16.0. The second-order valence-corrected chi connectivity index (χ2v) is 5.26. The van der Waals surface area contributed by atoms with Gasteiger partial charge in [0.1, 0.15) is 11.3 Å². The van der Waals surface area contributed by atoms with Crippen LogP contribution in [0.25, 0.3) is 11.0 Å². The van der Waals surface area contributed by atoms with Crippen LogP contribution in [-0.4, -0.2) is 40.6 Å². The fourth-order valence-corrected chi connectivity index (χ4v) is 2.89. The molecule has 0 atom stereocenters. The number of aromatic nitrogens is 2. The van der Waals surface area contributed by atoms with E-state index >= 15 is 0 Å². The molecule has 0 bridgehead atoms. The molecule has 124 valence electrons. The number of halogens is 3. The quantitative estimate of drug-likeness (QED) is 0.925. The highest BCUT2D eigenvalue weighted by Gasteiger charge is 2.16. The summed E-state index contributed by atoms with van der Waals surface area (Å²) in [7, 11) is 0. The standard InChI is InChI=1S/C15H21FN4.2ClH/c1-2-20-13-6-3-5-12(16)15(13)18-14(20)11-19-9-4-7-17-8-10-19;;/h3,5-6,17H,2,4,7-11H2,1H3;2*1H. The van der Waals surface area contributed by atoms with Crippen molar-refractivity contribution in [2.45, 2.75) is 26.4 Å². The summed E-state index contributed by atoms with van der Waals surface area (Å²) in [6.45, 7) is 7.89. The van der Waals surface area contributed by atoms with Crippen molar-refractivity contribution >= 4 is 35.8 Å². The topological polar surface area (TPSA) is 33.1 Å². The molecule has 0 aliphatic carbocycles. The van der Waals surface area contributed by atoms with Crippen molar-refractivity contribution in [2.75, 3.05) is 26.2 Å². The molecule has 1 aromatic carbocycles. The Bertz CT molecular complexity index is 594. The van der Waals surface area contributed by atoms with E-state index in [1.54, 1.807) is 6.07 Å². The maximum atomic E-state index is 13.9. The van der Waals surface area contributed by atoms with Crippen molar-refractivity contribution in [3.05, 3.63) is 29.8 Å². The van der Waals surface area contributed by atoms with E-state index in [0.29, 0.717) is 5.52 Å². The van der Waals surface area contributed by atoms with Gasteiger partial charge >= 0.3 is 0 Å². The molecule has 0 amide bonds. The summed E-state index contributed by atoms with van der Waals surface area (Å²) in [6.07, 6.45) is 1.15. The van der Waals surface area contributed by atoms with Gasteiger partial charge in [-0.3, -0.25) is 4.90 Å².